The maximum atomic E-state index is 5.97. The highest BCUT2D eigenvalue weighted by atomic mass is 79.9. The maximum Gasteiger partial charge on any atom is 0.125 e. The minimum atomic E-state index is -0.155. The van der Waals surface area contributed by atoms with Gasteiger partial charge >= 0.3 is 0 Å². The van der Waals surface area contributed by atoms with Gasteiger partial charge in [0.2, 0.25) is 0 Å². The fraction of sp³-hybridized carbons (Fsp3) is 0.111. The molecule has 4 heteroatoms. The van der Waals surface area contributed by atoms with E-state index in [2.05, 4.69) is 15.9 Å². The predicted molar refractivity (Wildman–Crippen MR) is 56.8 cm³/mol. The van der Waals surface area contributed by atoms with E-state index in [9.17, 15) is 0 Å². The van der Waals surface area contributed by atoms with Crippen LogP contribution in [-0.4, -0.2) is 0 Å². The van der Waals surface area contributed by atoms with Gasteiger partial charge in [-0.25, -0.2) is 0 Å². The molecule has 2 rings (SSSR count). The summed E-state index contributed by atoms with van der Waals surface area (Å²) in [4.78, 5) is 0. The first-order valence-electron chi connectivity index (χ1n) is 3.80. The van der Waals surface area contributed by atoms with Crippen LogP contribution in [0.1, 0.15) is 17.4 Å². The highest BCUT2D eigenvalue weighted by Gasteiger charge is 2.12. The van der Waals surface area contributed by atoms with Crippen molar-refractivity contribution in [2.75, 3.05) is 0 Å². The van der Waals surface area contributed by atoms with Gasteiger partial charge in [-0.15, -0.1) is 11.3 Å². The molecule has 2 aromatic rings. The molecule has 2 heterocycles. The van der Waals surface area contributed by atoms with Gasteiger partial charge in [0.1, 0.15) is 5.76 Å². The van der Waals surface area contributed by atoms with Crippen molar-refractivity contribution in [3.8, 4) is 0 Å². The normalized spacial score (nSPS) is 13.1. The largest absolute Gasteiger partial charge is 0.467 e. The average Bonchev–Trinajstić information content (AvgIpc) is 2.72. The van der Waals surface area contributed by atoms with Gasteiger partial charge in [-0.1, -0.05) is 0 Å². The number of thiophene rings is 1. The molecule has 13 heavy (non-hydrogen) atoms. The number of nitrogens with two attached hydrogens (primary N) is 1. The zero-order valence-electron chi connectivity index (χ0n) is 6.74. The monoisotopic (exact) mass is 257 g/mol. The molecule has 2 nitrogen and oxygen atoms in total. The SMILES string of the molecule is NC(c1csc(Br)c1)c1ccco1. The number of hydrogen-bond acceptors (Lipinski definition) is 3. The summed E-state index contributed by atoms with van der Waals surface area (Å²) >= 11 is 5.02. The zero-order valence-corrected chi connectivity index (χ0v) is 9.14. The van der Waals surface area contributed by atoms with Crippen molar-refractivity contribution >= 4 is 27.3 Å². The molecule has 0 fully saturated rings. The van der Waals surface area contributed by atoms with Gasteiger partial charge < -0.3 is 10.2 Å². The van der Waals surface area contributed by atoms with Crippen molar-refractivity contribution in [2.24, 2.45) is 5.73 Å². The third kappa shape index (κ3) is 1.85. The second-order valence-electron chi connectivity index (χ2n) is 2.68. The van der Waals surface area contributed by atoms with E-state index in [1.54, 1.807) is 17.6 Å². The van der Waals surface area contributed by atoms with Crippen molar-refractivity contribution in [1.82, 2.24) is 0 Å². The second kappa shape index (κ2) is 3.65. The van der Waals surface area contributed by atoms with Crippen molar-refractivity contribution < 1.29 is 4.42 Å². The van der Waals surface area contributed by atoms with E-state index >= 15 is 0 Å². The summed E-state index contributed by atoms with van der Waals surface area (Å²) in [5.41, 5.74) is 7.04. The summed E-state index contributed by atoms with van der Waals surface area (Å²) < 4.78 is 6.31. The average molecular weight is 258 g/mol. The summed E-state index contributed by atoms with van der Waals surface area (Å²) in [5, 5.41) is 2.03. The van der Waals surface area contributed by atoms with E-state index in [1.165, 1.54) is 0 Å². The van der Waals surface area contributed by atoms with Gasteiger partial charge in [0.05, 0.1) is 16.1 Å². The van der Waals surface area contributed by atoms with Crippen LogP contribution in [0.15, 0.2) is 38.0 Å². The number of rotatable bonds is 2. The van der Waals surface area contributed by atoms with E-state index in [1.807, 2.05) is 23.6 Å². The van der Waals surface area contributed by atoms with Gasteiger partial charge in [-0.05, 0) is 45.1 Å². The molecule has 0 saturated heterocycles. The Kier molecular flexibility index (Phi) is 2.53. The number of hydrogen-bond donors (Lipinski definition) is 1. The molecule has 0 amide bonds. The number of halogens is 1. The highest BCUT2D eigenvalue weighted by Crippen LogP contribution is 2.27. The topological polar surface area (TPSA) is 39.2 Å². The Morgan fingerprint density at radius 1 is 1.54 bits per heavy atom. The van der Waals surface area contributed by atoms with Crippen LogP contribution in [0.4, 0.5) is 0 Å². The lowest BCUT2D eigenvalue weighted by Crippen LogP contribution is -2.09. The molecule has 0 aromatic carbocycles. The van der Waals surface area contributed by atoms with E-state index < -0.39 is 0 Å². The molecule has 2 aromatic heterocycles. The standard InChI is InChI=1S/C9H8BrNOS/c10-8-4-6(5-13-8)9(11)7-2-1-3-12-7/h1-5,9H,11H2. The highest BCUT2D eigenvalue weighted by molar-refractivity contribution is 9.11. The van der Waals surface area contributed by atoms with Crippen LogP contribution in [0, 0.1) is 0 Å². The molecular weight excluding hydrogens is 250 g/mol. The Morgan fingerprint density at radius 3 is 2.92 bits per heavy atom. The summed E-state index contributed by atoms with van der Waals surface area (Å²) in [6.07, 6.45) is 1.64. The lowest BCUT2D eigenvalue weighted by molar-refractivity contribution is 0.490. The molecule has 0 aliphatic heterocycles. The molecule has 0 aliphatic rings. The molecule has 0 radical (unpaired) electrons. The van der Waals surface area contributed by atoms with Gasteiger partial charge in [0.15, 0.2) is 0 Å². The van der Waals surface area contributed by atoms with E-state index in [0.717, 1.165) is 15.1 Å². The van der Waals surface area contributed by atoms with Gasteiger partial charge in [0.25, 0.3) is 0 Å². The summed E-state index contributed by atoms with van der Waals surface area (Å²) in [6, 6.07) is 5.59. The van der Waals surface area contributed by atoms with Crippen molar-refractivity contribution in [1.29, 1.82) is 0 Å². The van der Waals surface area contributed by atoms with Crippen LogP contribution >= 0.6 is 27.3 Å². The van der Waals surface area contributed by atoms with Crippen LogP contribution in [0.25, 0.3) is 0 Å². The first kappa shape index (κ1) is 8.99. The molecule has 1 unspecified atom stereocenters. The lowest BCUT2D eigenvalue weighted by Gasteiger charge is -2.04. The second-order valence-corrected chi connectivity index (χ2v) is 4.97. The van der Waals surface area contributed by atoms with Crippen LogP contribution in [0.5, 0.6) is 0 Å². The third-order valence-electron chi connectivity index (χ3n) is 1.80. The molecule has 0 spiro atoms. The quantitative estimate of drug-likeness (QED) is 0.898. The van der Waals surface area contributed by atoms with E-state index in [4.69, 9.17) is 10.2 Å². The maximum absolute atomic E-state index is 5.97. The Bertz CT molecular complexity index is 382. The lowest BCUT2D eigenvalue weighted by atomic mass is 10.1. The van der Waals surface area contributed by atoms with Crippen LogP contribution in [0.2, 0.25) is 0 Å². The van der Waals surface area contributed by atoms with Crippen molar-refractivity contribution in [3.63, 3.8) is 0 Å². The predicted octanol–water partition coefficient (Wildman–Crippen LogP) is 3.15. The zero-order chi connectivity index (χ0) is 9.26. The first-order chi connectivity index (χ1) is 6.27. The molecule has 68 valence electrons. The van der Waals surface area contributed by atoms with E-state index in [0.29, 0.717) is 0 Å². The minimum absolute atomic E-state index is 0.155. The Labute approximate surface area is 88.5 Å². The minimum Gasteiger partial charge on any atom is -0.467 e. The molecule has 0 bridgehead atoms. The molecular formula is C9H8BrNOS. The first-order valence-corrected chi connectivity index (χ1v) is 5.47. The third-order valence-corrected chi connectivity index (χ3v) is 3.32. The molecule has 0 aliphatic carbocycles. The van der Waals surface area contributed by atoms with Gasteiger partial charge in [-0.2, -0.15) is 0 Å². The summed E-state index contributed by atoms with van der Waals surface area (Å²) in [6.45, 7) is 0. The fourth-order valence-corrected chi connectivity index (χ4v) is 2.33. The Morgan fingerprint density at radius 2 is 2.38 bits per heavy atom. The Balaban J connectivity index is 2.28. The van der Waals surface area contributed by atoms with Crippen molar-refractivity contribution in [3.05, 3.63) is 45.0 Å². The Hall–Kier alpha value is -0.580. The summed E-state index contributed by atoms with van der Waals surface area (Å²) in [5.74, 6) is 0.797. The number of furan rings is 1. The molecule has 1 atom stereocenters. The van der Waals surface area contributed by atoms with Crippen molar-refractivity contribution in [2.45, 2.75) is 6.04 Å². The van der Waals surface area contributed by atoms with Crippen LogP contribution in [-0.2, 0) is 0 Å². The van der Waals surface area contributed by atoms with Gasteiger partial charge in [-0.3, -0.25) is 0 Å². The van der Waals surface area contributed by atoms with Gasteiger partial charge in [0, 0.05) is 0 Å². The summed E-state index contributed by atoms with van der Waals surface area (Å²) in [7, 11) is 0. The molecule has 0 saturated carbocycles. The van der Waals surface area contributed by atoms with Crippen LogP contribution in [0.3, 0.4) is 0 Å². The fourth-order valence-electron chi connectivity index (χ4n) is 1.12. The smallest absolute Gasteiger partial charge is 0.125 e. The van der Waals surface area contributed by atoms with E-state index in [-0.39, 0.29) is 6.04 Å². The molecule has 2 N–H and O–H groups in total. The van der Waals surface area contributed by atoms with Crippen LogP contribution < -0.4 is 5.73 Å².